The fourth-order valence-corrected chi connectivity index (χ4v) is 4.15. The van der Waals surface area contributed by atoms with Crippen molar-refractivity contribution in [3.8, 4) is 11.4 Å². The van der Waals surface area contributed by atoms with E-state index in [-0.39, 0.29) is 0 Å². The summed E-state index contributed by atoms with van der Waals surface area (Å²) in [6.07, 6.45) is 23.9. The second-order valence-electron chi connectivity index (χ2n) is 9.68. The molecule has 1 aromatic heterocycles. The van der Waals surface area contributed by atoms with Crippen molar-refractivity contribution >= 4 is 0 Å². The fourth-order valence-electron chi connectivity index (χ4n) is 4.15. The van der Waals surface area contributed by atoms with Crippen molar-refractivity contribution < 1.29 is 0 Å². The molecule has 0 N–H and O–H groups in total. The lowest BCUT2D eigenvalue weighted by Crippen LogP contribution is -1.94. The Balaban J connectivity index is 1.63. The van der Waals surface area contributed by atoms with Crippen LogP contribution in [0.4, 0.5) is 0 Å². The van der Waals surface area contributed by atoms with Gasteiger partial charge in [0.2, 0.25) is 0 Å². The van der Waals surface area contributed by atoms with Crippen molar-refractivity contribution in [2.45, 2.75) is 117 Å². The Morgan fingerprint density at radius 2 is 1.13 bits per heavy atom. The summed E-state index contributed by atoms with van der Waals surface area (Å²) in [6, 6.07) is 8.86. The maximum Gasteiger partial charge on any atom is 0.159 e. The number of aromatic nitrogens is 2. The minimum absolute atomic E-state index is 0.847. The number of nitrogens with zero attached hydrogens (tertiary/aromatic N) is 2. The highest BCUT2D eigenvalue weighted by Gasteiger charge is 2.03. The van der Waals surface area contributed by atoms with Gasteiger partial charge in [-0.2, -0.15) is 0 Å². The molecule has 31 heavy (non-hydrogen) atoms. The number of hydrogen-bond donors (Lipinski definition) is 0. The predicted molar refractivity (Wildman–Crippen MR) is 135 cm³/mol. The van der Waals surface area contributed by atoms with Crippen molar-refractivity contribution in [1.82, 2.24) is 9.97 Å². The smallest absolute Gasteiger partial charge is 0.159 e. The van der Waals surface area contributed by atoms with E-state index >= 15 is 0 Å². The summed E-state index contributed by atoms with van der Waals surface area (Å²) >= 11 is 0. The fraction of sp³-hybridized carbons (Fsp3) is 0.655. The molecule has 0 aliphatic heterocycles. The van der Waals surface area contributed by atoms with Crippen LogP contribution in [0.25, 0.3) is 11.4 Å². The monoisotopic (exact) mass is 422 g/mol. The molecule has 0 fully saturated rings. The van der Waals surface area contributed by atoms with Gasteiger partial charge in [-0.05, 0) is 42.7 Å². The highest BCUT2D eigenvalue weighted by atomic mass is 14.9. The van der Waals surface area contributed by atoms with Crippen LogP contribution in [0, 0.1) is 5.92 Å². The largest absolute Gasteiger partial charge is 0.236 e. The van der Waals surface area contributed by atoms with Crippen LogP contribution in [0.3, 0.4) is 0 Å². The topological polar surface area (TPSA) is 25.8 Å². The molecule has 2 aromatic rings. The lowest BCUT2D eigenvalue weighted by atomic mass is 10.0. The third kappa shape index (κ3) is 11.5. The Hall–Kier alpha value is -1.70. The molecular formula is C29H46N2. The molecule has 0 bridgehead atoms. The van der Waals surface area contributed by atoms with Gasteiger partial charge in [0.1, 0.15) is 0 Å². The summed E-state index contributed by atoms with van der Waals surface area (Å²) in [7, 11) is 0. The Morgan fingerprint density at radius 3 is 1.71 bits per heavy atom. The van der Waals surface area contributed by atoms with Crippen LogP contribution in [0.2, 0.25) is 0 Å². The number of benzene rings is 1. The first-order valence-electron chi connectivity index (χ1n) is 13.1. The van der Waals surface area contributed by atoms with Gasteiger partial charge in [0.25, 0.3) is 0 Å². The van der Waals surface area contributed by atoms with Gasteiger partial charge in [0.15, 0.2) is 5.82 Å². The van der Waals surface area contributed by atoms with Crippen LogP contribution in [-0.2, 0) is 12.8 Å². The molecule has 0 amide bonds. The molecular weight excluding hydrogens is 376 g/mol. The van der Waals surface area contributed by atoms with Gasteiger partial charge >= 0.3 is 0 Å². The molecule has 0 saturated heterocycles. The first-order chi connectivity index (χ1) is 15.2. The van der Waals surface area contributed by atoms with Gasteiger partial charge in [0, 0.05) is 18.0 Å². The zero-order valence-corrected chi connectivity index (χ0v) is 20.5. The molecule has 0 unspecified atom stereocenters. The van der Waals surface area contributed by atoms with Crippen LogP contribution < -0.4 is 0 Å². The van der Waals surface area contributed by atoms with Crippen LogP contribution >= 0.6 is 0 Å². The maximum atomic E-state index is 4.63. The summed E-state index contributed by atoms with van der Waals surface area (Å²) in [5.41, 5.74) is 3.82. The van der Waals surface area contributed by atoms with E-state index in [4.69, 9.17) is 0 Å². The van der Waals surface area contributed by atoms with Crippen molar-refractivity contribution in [1.29, 1.82) is 0 Å². The van der Waals surface area contributed by atoms with E-state index in [1.54, 1.807) is 0 Å². The molecule has 1 aromatic carbocycles. The summed E-state index contributed by atoms with van der Waals surface area (Å²) in [4.78, 5) is 9.25. The van der Waals surface area contributed by atoms with E-state index in [1.165, 1.54) is 101 Å². The molecule has 0 atom stereocenters. The van der Waals surface area contributed by atoms with E-state index in [2.05, 4.69) is 55.0 Å². The lowest BCUT2D eigenvalue weighted by Gasteiger charge is -2.06. The second-order valence-corrected chi connectivity index (χ2v) is 9.68. The lowest BCUT2D eigenvalue weighted by molar-refractivity contribution is 0.511. The van der Waals surface area contributed by atoms with Crippen molar-refractivity contribution in [3.63, 3.8) is 0 Å². The van der Waals surface area contributed by atoms with Crippen LogP contribution in [-0.4, -0.2) is 9.97 Å². The van der Waals surface area contributed by atoms with E-state index in [1.807, 2.05) is 12.4 Å². The van der Waals surface area contributed by atoms with Gasteiger partial charge in [-0.25, -0.2) is 9.97 Å². The third-order valence-corrected chi connectivity index (χ3v) is 6.23. The Kier molecular flexibility index (Phi) is 13.2. The molecule has 2 rings (SSSR count). The molecule has 0 saturated carbocycles. The molecule has 2 heteroatoms. The minimum atomic E-state index is 0.847. The van der Waals surface area contributed by atoms with Crippen LogP contribution in [0.5, 0.6) is 0 Å². The number of unbranched alkanes of at least 4 members (excludes halogenated alkanes) is 10. The Bertz CT molecular complexity index is 673. The zero-order chi connectivity index (χ0) is 22.2. The summed E-state index contributed by atoms with van der Waals surface area (Å²) in [6.45, 7) is 6.91. The third-order valence-electron chi connectivity index (χ3n) is 6.23. The SMILES string of the molecule is CCCCCCCCc1ccc(-c2ncc(CCCCCCCCC(C)C)cn2)cc1. The minimum Gasteiger partial charge on any atom is -0.236 e. The number of aryl methyl sites for hydroxylation is 2. The normalized spacial score (nSPS) is 11.4. The number of hydrogen-bond acceptors (Lipinski definition) is 2. The van der Waals surface area contributed by atoms with Crippen LogP contribution in [0.15, 0.2) is 36.7 Å². The predicted octanol–water partition coefficient (Wildman–Crippen LogP) is 8.98. The second kappa shape index (κ2) is 16.0. The van der Waals surface area contributed by atoms with Gasteiger partial charge in [-0.15, -0.1) is 0 Å². The molecule has 0 aliphatic carbocycles. The molecule has 0 radical (unpaired) electrons. The average Bonchev–Trinajstić information content (AvgIpc) is 2.78. The van der Waals surface area contributed by atoms with Crippen molar-refractivity contribution in [3.05, 3.63) is 47.8 Å². The molecule has 1 heterocycles. The van der Waals surface area contributed by atoms with Crippen molar-refractivity contribution in [2.24, 2.45) is 5.92 Å². The quantitative estimate of drug-likeness (QED) is 0.238. The Morgan fingerprint density at radius 1 is 0.613 bits per heavy atom. The average molecular weight is 423 g/mol. The van der Waals surface area contributed by atoms with E-state index < -0.39 is 0 Å². The molecule has 0 aliphatic rings. The van der Waals surface area contributed by atoms with Gasteiger partial charge in [-0.3, -0.25) is 0 Å². The number of rotatable bonds is 17. The van der Waals surface area contributed by atoms with Gasteiger partial charge < -0.3 is 0 Å². The summed E-state index contributed by atoms with van der Waals surface area (Å²) in [5.74, 6) is 1.70. The van der Waals surface area contributed by atoms with Gasteiger partial charge in [0.05, 0.1) is 0 Å². The van der Waals surface area contributed by atoms with E-state index in [0.717, 1.165) is 23.7 Å². The van der Waals surface area contributed by atoms with E-state index in [0.29, 0.717) is 0 Å². The first kappa shape index (κ1) is 25.6. The first-order valence-corrected chi connectivity index (χ1v) is 13.1. The zero-order valence-electron chi connectivity index (χ0n) is 20.5. The summed E-state index contributed by atoms with van der Waals surface area (Å²) in [5, 5.41) is 0. The summed E-state index contributed by atoms with van der Waals surface area (Å²) < 4.78 is 0. The molecule has 0 spiro atoms. The van der Waals surface area contributed by atoms with E-state index in [9.17, 15) is 0 Å². The maximum absolute atomic E-state index is 4.63. The highest BCUT2D eigenvalue weighted by molar-refractivity contribution is 5.55. The Labute approximate surface area is 192 Å². The standard InChI is InChI=1S/C29H46N2/c1-4-5-6-7-11-14-17-26-19-21-28(22-20-26)29-30-23-27(24-31-29)18-15-12-9-8-10-13-16-25(2)3/h19-25H,4-18H2,1-3H3. The molecule has 172 valence electrons. The molecule has 2 nitrogen and oxygen atoms in total. The van der Waals surface area contributed by atoms with Crippen LogP contribution in [0.1, 0.15) is 115 Å². The van der Waals surface area contributed by atoms with Gasteiger partial charge in [-0.1, -0.05) is 116 Å². The van der Waals surface area contributed by atoms with Crippen molar-refractivity contribution in [2.75, 3.05) is 0 Å². The highest BCUT2D eigenvalue weighted by Crippen LogP contribution is 2.18.